The Bertz CT molecular complexity index is 410. The molecule has 1 saturated carbocycles. The van der Waals surface area contributed by atoms with E-state index in [1.54, 1.807) is 0 Å². The zero-order valence-electron chi connectivity index (χ0n) is 11.4. The molecule has 0 aromatic carbocycles. The highest BCUT2D eigenvalue weighted by atomic mass is 16.4. The van der Waals surface area contributed by atoms with Crippen LogP contribution in [-0.2, 0) is 14.4 Å². The van der Waals surface area contributed by atoms with Crippen molar-refractivity contribution < 1.29 is 29.7 Å². The Kier molecular flexibility index (Phi) is 5.73. The van der Waals surface area contributed by atoms with Crippen LogP contribution in [0.25, 0.3) is 0 Å². The van der Waals surface area contributed by atoms with Crippen molar-refractivity contribution in [3.63, 3.8) is 0 Å². The van der Waals surface area contributed by atoms with E-state index in [2.05, 4.69) is 12.2 Å². The molecule has 2 rings (SSSR count). The summed E-state index contributed by atoms with van der Waals surface area (Å²) < 4.78 is 0. The largest absolute Gasteiger partial charge is 0.481 e. The Morgan fingerprint density at radius 3 is 2.10 bits per heavy atom. The Morgan fingerprint density at radius 1 is 1.15 bits per heavy atom. The third-order valence-corrected chi connectivity index (χ3v) is 3.77. The van der Waals surface area contributed by atoms with E-state index in [4.69, 9.17) is 20.1 Å². The molecule has 0 aromatic heterocycles. The lowest BCUT2D eigenvalue weighted by molar-refractivity contribution is -0.149. The maximum absolute atomic E-state index is 10.9. The van der Waals surface area contributed by atoms with Gasteiger partial charge < -0.3 is 15.3 Å². The molecule has 0 amide bonds. The molecule has 2 aliphatic carbocycles. The summed E-state index contributed by atoms with van der Waals surface area (Å²) in [6.45, 7) is 1.08. The van der Waals surface area contributed by atoms with Gasteiger partial charge in [0.1, 0.15) is 0 Å². The van der Waals surface area contributed by atoms with Gasteiger partial charge in [-0.05, 0) is 37.0 Å². The van der Waals surface area contributed by atoms with Crippen LogP contribution in [0.5, 0.6) is 0 Å². The van der Waals surface area contributed by atoms with Gasteiger partial charge in [0.15, 0.2) is 0 Å². The fourth-order valence-corrected chi connectivity index (χ4v) is 3.01. The average Bonchev–Trinajstić information content (AvgIpc) is 2.88. The second kappa shape index (κ2) is 7.07. The normalized spacial score (nSPS) is 27.6. The van der Waals surface area contributed by atoms with Gasteiger partial charge in [0, 0.05) is 6.92 Å². The van der Waals surface area contributed by atoms with Gasteiger partial charge in [-0.3, -0.25) is 14.4 Å². The van der Waals surface area contributed by atoms with Crippen molar-refractivity contribution in [2.75, 3.05) is 0 Å². The minimum atomic E-state index is -1.02. The van der Waals surface area contributed by atoms with E-state index in [-0.39, 0.29) is 6.42 Å². The molecule has 0 heterocycles. The van der Waals surface area contributed by atoms with Gasteiger partial charge in [-0.25, -0.2) is 0 Å². The average molecular weight is 284 g/mol. The third kappa shape index (κ3) is 5.03. The fraction of sp³-hybridized carbons (Fsp3) is 0.643. The van der Waals surface area contributed by atoms with Gasteiger partial charge in [-0.2, -0.15) is 0 Å². The van der Waals surface area contributed by atoms with Gasteiger partial charge in [0.2, 0.25) is 0 Å². The monoisotopic (exact) mass is 284 g/mol. The van der Waals surface area contributed by atoms with Gasteiger partial charge >= 0.3 is 11.9 Å². The maximum Gasteiger partial charge on any atom is 0.307 e. The number of rotatable bonds is 5. The van der Waals surface area contributed by atoms with E-state index in [9.17, 15) is 9.59 Å². The molecule has 2 aliphatic rings. The number of hydrogen-bond donors (Lipinski definition) is 3. The van der Waals surface area contributed by atoms with Crippen LogP contribution >= 0.6 is 0 Å². The lowest BCUT2D eigenvalue weighted by Crippen LogP contribution is -2.22. The first-order chi connectivity index (χ1) is 9.29. The summed E-state index contributed by atoms with van der Waals surface area (Å²) in [5.41, 5.74) is 0. The standard InChI is InChI=1S/C12H16O4.C2H4O2/c13-11(14)6-10(12(15)16)5-9-4-7-1-2-8(9)3-7;1-2(3)4/h1-2,7-10H,3-6H2,(H,13,14)(H,15,16);1H3,(H,3,4). The lowest BCUT2D eigenvalue weighted by Gasteiger charge is -2.21. The molecule has 4 atom stereocenters. The van der Waals surface area contributed by atoms with Crippen LogP contribution < -0.4 is 0 Å². The molecule has 0 saturated heterocycles. The summed E-state index contributed by atoms with van der Waals surface area (Å²) >= 11 is 0. The van der Waals surface area contributed by atoms with Crippen LogP contribution in [0.2, 0.25) is 0 Å². The van der Waals surface area contributed by atoms with E-state index in [1.807, 2.05) is 0 Å². The van der Waals surface area contributed by atoms with Crippen molar-refractivity contribution in [1.29, 1.82) is 0 Å². The molecule has 6 nitrogen and oxygen atoms in total. The number of hydrogen-bond acceptors (Lipinski definition) is 3. The Hall–Kier alpha value is -1.85. The highest BCUT2D eigenvalue weighted by Crippen LogP contribution is 2.46. The molecule has 0 aromatic rings. The fourth-order valence-electron chi connectivity index (χ4n) is 3.01. The first-order valence-corrected chi connectivity index (χ1v) is 6.62. The predicted molar refractivity (Wildman–Crippen MR) is 70.1 cm³/mol. The molecule has 6 heteroatoms. The van der Waals surface area contributed by atoms with Crippen LogP contribution in [-0.4, -0.2) is 33.2 Å². The molecule has 4 unspecified atom stereocenters. The summed E-state index contributed by atoms with van der Waals surface area (Å²) in [5, 5.41) is 25.0. The van der Waals surface area contributed by atoms with Crippen molar-refractivity contribution in [3.05, 3.63) is 12.2 Å². The first-order valence-electron chi connectivity index (χ1n) is 6.62. The second-order valence-corrected chi connectivity index (χ2v) is 5.43. The first kappa shape index (κ1) is 16.2. The van der Waals surface area contributed by atoms with Crippen LogP contribution in [0.15, 0.2) is 12.2 Å². The van der Waals surface area contributed by atoms with E-state index in [0.717, 1.165) is 19.8 Å². The van der Waals surface area contributed by atoms with Crippen molar-refractivity contribution in [2.24, 2.45) is 23.7 Å². The van der Waals surface area contributed by atoms with Crippen molar-refractivity contribution in [2.45, 2.75) is 32.6 Å². The van der Waals surface area contributed by atoms with E-state index in [0.29, 0.717) is 24.2 Å². The minimum absolute atomic E-state index is 0.257. The summed E-state index contributed by atoms with van der Waals surface area (Å²) in [7, 11) is 0. The molecule has 2 bridgehead atoms. The zero-order valence-corrected chi connectivity index (χ0v) is 11.4. The predicted octanol–water partition coefficient (Wildman–Crippen LogP) is 1.86. The van der Waals surface area contributed by atoms with Crippen molar-refractivity contribution in [3.8, 4) is 0 Å². The smallest absolute Gasteiger partial charge is 0.307 e. The highest BCUT2D eigenvalue weighted by Gasteiger charge is 2.38. The maximum atomic E-state index is 10.9. The minimum Gasteiger partial charge on any atom is -0.481 e. The summed E-state index contributed by atoms with van der Waals surface area (Å²) in [5.74, 6) is -2.10. The zero-order chi connectivity index (χ0) is 15.3. The van der Waals surface area contributed by atoms with Crippen molar-refractivity contribution >= 4 is 17.9 Å². The molecule has 0 aliphatic heterocycles. The molecule has 0 radical (unpaired) electrons. The van der Waals surface area contributed by atoms with Crippen LogP contribution in [0, 0.1) is 23.7 Å². The number of carbonyl (C=O) groups is 3. The molecule has 1 fully saturated rings. The number of aliphatic carboxylic acids is 3. The van der Waals surface area contributed by atoms with Gasteiger partial charge in [0.05, 0.1) is 12.3 Å². The summed E-state index contributed by atoms with van der Waals surface area (Å²) in [6.07, 6.45) is 6.78. The third-order valence-electron chi connectivity index (χ3n) is 3.77. The second-order valence-electron chi connectivity index (χ2n) is 5.43. The molecule has 112 valence electrons. The van der Waals surface area contributed by atoms with Crippen LogP contribution in [0.1, 0.15) is 32.6 Å². The number of carboxylic acids is 3. The van der Waals surface area contributed by atoms with Gasteiger partial charge in [-0.1, -0.05) is 12.2 Å². The number of allylic oxidation sites excluding steroid dienone is 2. The molecular formula is C14H20O6. The molecular weight excluding hydrogens is 264 g/mol. The van der Waals surface area contributed by atoms with E-state index < -0.39 is 23.8 Å². The quantitative estimate of drug-likeness (QED) is 0.664. The van der Waals surface area contributed by atoms with Gasteiger partial charge in [-0.15, -0.1) is 0 Å². The summed E-state index contributed by atoms with van der Waals surface area (Å²) in [4.78, 5) is 30.5. The van der Waals surface area contributed by atoms with Gasteiger partial charge in [0.25, 0.3) is 5.97 Å². The molecule has 0 spiro atoms. The highest BCUT2D eigenvalue weighted by molar-refractivity contribution is 5.77. The Balaban J connectivity index is 0.000000444. The van der Waals surface area contributed by atoms with Crippen LogP contribution in [0.4, 0.5) is 0 Å². The SMILES string of the molecule is CC(=O)O.O=C(O)CC(CC1CC2C=CC1C2)C(=O)O. The van der Waals surface area contributed by atoms with E-state index in [1.165, 1.54) is 0 Å². The molecule has 20 heavy (non-hydrogen) atoms. The molecule has 3 N–H and O–H groups in total. The number of fused-ring (bicyclic) bond motifs is 2. The van der Waals surface area contributed by atoms with Crippen LogP contribution in [0.3, 0.4) is 0 Å². The summed E-state index contributed by atoms with van der Waals surface area (Å²) in [6, 6.07) is 0. The van der Waals surface area contributed by atoms with Crippen molar-refractivity contribution in [1.82, 2.24) is 0 Å². The lowest BCUT2D eigenvalue weighted by atomic mass is 9.84. The van der Waals surface area contributed by atoms with E-state index >= 15 is 0 Å². The Morgan fingerprint density at radius 2 is 1.75 bits per heavy atom. The Labute approximate surface area is 117 Å². The topological polar surface area (TPSA) is 112 Å². The number of carboxylic acid groups (broad SMARTS) is 3.